The third-order valence-electron chi connectivity index (χ3n) is 1.55. The Bertz CT molecular complexity index is 451. The number of aromatic nitrogens is 4. The van der Waals surface area contributed by atoms with Crippen LogP contribution in [0.3, 0.4) is 0 Å². The number of carbonyl (C=O) groups excluding carboxylic acids is 1. The van der Waals surface area contributed by atoms with Gasteiger partial charge in [0.2, 0.25) is 0 Å². The molecule has 2 heterocycles. The first kappa shape index (κ1) is 9.01. The van der Waals surface area contributed by atoms with E-state index in [4.69, 9.17) is 0 Å². The molecule has 0 aliphatic carbocycles. The summed E-state index contributed by atoms with van der Waals surface area (Å²) < 4.78 is 2.36. The lowest BCUT2D eigenvalue weighted by Gasteiger charge is -1.97. The molecule has 0 unspecified atom stereocenters. The van der Waals surface area contributed by atoms with E-state index in [9.17, 15) is 4.79 Å². The SMILES string of the molecule is O=Cc1cnc(-n2cc(Br)cn2)nc1. The molecule has 6 heteroatoms. The molecule has 0 saturated carbocycles. The average molecular weight is 253 g/mol. The lowest BCUT2D eigenvalue weighted by Crippen LogP contribution is -2.01. The van der Waals surface area contributed by atoms with Crippen molar-refractivity contribution in [2.45, 2.75) is 0 Å². The molecule has 0 aromatic carbocycles. The molecule has 0 amide bonds. The number of aldehydes is 1. The summed E-state index contributed by atoms with van der Waals surface area (Å²) in [4.78, 5) is 18.3. The Morgan fingerprint density at radius 1 is 1.29 bits per heavy atom. The van der Waals surface area contributed by atoms with E-state index in [1.54, 1.807) is 12.4 Å². The van der Waals surface area contributed by atoms with E-state index in [0.717, 1.165) is 4.47 Å². The third kappa shape index (κ3) is 1.69. The van der Waals surface area contributed by atoms with Crippen LogP contribution in [0.25, 0.3) is 5.95 Å². The van der Waals surface area contributed by atoms with E-state index in [2.05, 4.69) is 31.0 Å². The predicted molar refractivity (Wildman–Crippen MR) is 52.2 cm³/mol. The molecule has 2 aromatic heterocycles. The maximum Gasteiger partial charge on any atom is 0.250 e. The van der Waals surface area contributed by atoms with Gasteiger partial charge < -0.3 is 0 Å². The minimum absolute atomic E-state index is 0.432. The van der Waals surface area contributed by atoms with Crippen LogP contribution >= 0.6 is 15.9 Å². The van der Waals surface area contributed by atoms with Crippen molar-refractivity contribution in [3.8, 4) is 5.95 Å². The van der Waals surface area contributed by atoms with Gasteiger partial charge in [-0.15, -0.1) is 0 Å². The maximum absolute atomic E-state index is 10.3. The van der Waals surface area contributed by atoms with Crippen LogP contribution < -0.4 is 0 Å². The van der Waals surface area contributed by atoms with Crippen LogP contribution in [0.15, 0.2) is 29.3 Å². The van der Waals surface area contributed by atoms with Crippen molar-refractivity contribution in [2.75, 3.05) is 0 Å². The lowest BCUT2D eigenvalue weighted by molar-refractivity contribution is 0.112. The molecule has 0 saturated heterocycles. The first-order chi connectivity index (χ1) is 6.79. The predicted octanol–water partition coefficient (Wildman–Crippen LogP) is 1.24. The van der Waals surface area contributed by atoms with Crippen LogP contribution in [-0.4, -0.2) is 26.0 Å². The van der Waals surface area contributed by atoms with Gasteiger partial charge in [0, 0.05) is 18.6 Å². The number of nitrogens with zero attached hydrogens (tertiary/aromatic N) is 4. The van der Waals surface area contributed by atoms with E-state index in [-0.39, 0.29) is 0 Å². The molecule has 0 bridgehead atoms. The fourth-order valence-corrected chi connectivity index (χ4v) is 1.21. The number of rotatable bonds is 2. The molecule has 0 N–H and O–H groups in total. The second-order valence-corrected chi connectivity index (χ2v) is 3.45. The van der Waals surface area contributed by atoms with Crippen LogP contribution in [0.1, 0.15) is 10.4 Å². The Morgan fingerprint density at radius 3 is 2.50 bits per heavy atom. The Hall–Kier alpha value is -1.56. The monoisotopic (exact) mass is 252 g/mol. The minimum Gasteiger partial charge on any atom is -0.298 e. The zero-order chi connectivity index (χ0) is 9.97. The Morgan fingerprint density at radius 2 is 2.00 bits per heavy atom. The van der Waals surface area contributed by atoms with Crippen LogP contribution in [0.2, 0.25) is 0 Å². The standard InChI is InChI=1S/C8H5BrN4O/c9-7-3-12-13(4-7)8-10-1-6(5-14)2-11-8/h1-5H. The summed E-state index contributed by atoms with van der Waals surface area (Å²) in [5.74, 6) is 0.432. The largest absolute Gasteiger partial charge is 0.298 e. The van der Waals surface area contributed by atoms with Gasteiger partial charge in [-0.25, -0.2) is 14.6 Å². The summed E-state index contributed by atoms with van der Waals surface area (Å²) in [5.41, 5.74) is 0.444. The number of carbonyl (C=O) groups is 1. The lowest BCUT2D eigenvalue weighted by atomic mass is 10.4. The van der Waals surface area contributed by atoms with E-state index in [0.29, 0.717) is 17.8 Å². The van der Waals surface area contributed by atoms with Gasteiger partial charge >= 0.3 is 0 Å². The van der Waals surface area contributed by atoms with Crippen molar-refractivity contribution in [2.24, 2.45) is 0 Å². The highest BCUT2D eigenvalue weighted by Crippen LogP contribution is 2.08. The number of hydrogen-bond acceptors (Lipinski definition) is 4. The zero-order valence-electron chi connectivity index (χ0n) is 6.96. The topological polar surface area (TPSA) is 60.7 Å². The summed E-state index contributed by atoms with van der Waals surface area (Å²) in [6.45, 7) is 0. The van der Waals surface area contributed by atoms with Gasteiger partial charge in [-0.05, 0) is 15.9 Å². The average Bonchev–Trinajstić information content (AvgIpc) is 2.65. The molecule has 14 heavy (non-hydrogen) atoms. The van der Waals surface area contributed by atoms with Gasteiger partial charge in [0.05, 0.1) is 16.2 Å². The fourth-order valence-electron chi connectivity index (χ4n) is 0.921. The van der Waals surface area contributed by atoms with Crippen molar-refractivity contribution in [1.82, 2.24) is 19.7 Å². The molecule has 0 aliphatic rings. The molecule has 0 radical (unpaired) electrons. The highest BCUT2D eigenvalue weighted by molar-refractivity contribution is 9.10. The van der Waals surface area contributed by atoms with E-state index in [1.165, 1.54) is 17.1 Å². The van der Waals surface area contributed by atoms with Crippen molar-refractivity contribution in [1.29, 1.82) is 0 Å². The molecule has 70 valence electrons. The highest BCUT2D eigenvalue weighted by atomic mass is 79.9. The molecule has 0 atom stereocenters. The van der Waals surface area contributed by atoms with Gasteiger partial charge in [0.1, 0.15) is 0 Å². The summed E-state index contributed by atoms with van der Waals surface area (Å²) in [7, 11) is 0. The van der Waals surface area contributed by atoms with Crippen LogP contribution in [-0.2, 0) is 0 Å². The first-order valence-electron chi connectivity index (χ1n) is 3.77. The van der Waals surface area contributed by atoms with Gasteiger partial charge in [0.25, 0.3) is 5.95 Å². The molecular formula is C8H5BrN4O. The van der Waals surface area contributed by atoms with Crippen LogP contribution in [0.4, 0.5) is 0 Å². The second-order valence-electron chi connectivity index (χ2n) is 2.54. The van der Waals surface area contributed by atoms with Crippen LogP contribution in [0.5, 0.6) is 0 Å². The summed E-state index contributed by atoms with van der Waals surface area (Å²) in [6.07, 6.45) is 6.96. The summed E-state index contributed by atoms with van der Waals surface area (Å²) >= 11 is 3.26. The Kier molecular flexibility index (Phi) is 2.36. The molecule has 0 fully saturated rings. The number of hydrogen-bond donors (Lipinski definition) is 0. The minimum atomic E-state index is 0.432. The summed E-state index contributed by atoms with van der Waals surface area (Å²) in [6, 6.07) is 0. The molecule has 0 aliphatic heterocycles. The van der Waals surface area contributed by atoms with E-state index >= 15 is 0 Å². The Balaban J connectivity index is 2.38. The zero-order valence-corrected chi connectivity index (χ0v) is 8.55. The third-order valence-corrected chi connectivity index (χ3v) is 1.96. The maximum atomic E-state index is 10.3. The fraction of sp³-hybridized carbons (Fsp3) is 0. The van der Waals surface area contributed by atoms with Gasteiger partial charge in [0.15, 0.2) is 6.29 Å². The molecule has 2 aromatic rings. The van der Waals surface area contributed by atoms with Gasteiger partial charge in [-0.2, -0.15) is 5.10 Å². The van der Waals surface area contributed by atoms with Gasteiger partial charge in [-0.3, -0.25) is 4.79 Å². The molecule has 5 nitrogen and oxygen atoms in total. The Labute approximate surface area is 87.9 Å². The molecule has 2 rings (SSSR count). The summed E-state index contributed by atoms with van der Waals surface area (Å²) in [5, 5.41) is 4.00. The highest BCUT2D eigenvalue weighted by Gasteiger charge is 2.01. The van der Waals surface area contributed by atoms with Crippen LogP contribution in [0, 0.1) is 0 Å². The van der Waals surface area contributed by atoms with Crippen molar-refractivity contribution < 1.29 is 4.79 Å². The quantitative estimate of drug-likeness (QED) is 0.755. The first-order valence-corrected chi connectivity index (χ1v) is 4.56. The van der Waals surface area contributed by atoms with Crippen molar-refractivity contribution in [3.05, 3.63) is 34.8 Å². The van der Waals surface area contributed by atoms with Gasteiger partial charge in [-0.1, -0.05) is 0 Å². The van der Waals surface area contributed by atoms with Crippen molar-refractivity contribution in [3.63, 3.8) is 0 Å². The smallest absolute Gasteiger partial charge is 0.250 e. The number of halogens is 1. The van der Waals surface area contributed by atoms with E-state index in [1.807, 2.05) is 0 Å². The van der Waals surface area contributed by atoms with Crippen molar-refractivity contribution >= 4 is 22.2 Å². The van der Waals surface area contributed by atoms with E-state index < -0.39 is 0 Å². The second kappa shape index (κ2) is 3.67. The normalized spacial score (nSPS) is 10.1. The molecule has 0 spiro atoms. The molecular weight excluding hydrogens is 248 g/mol.